The predicted octanol–water partition coefficient (Wildman–Crippen LogP) is 3.34. The first kappa shape index (κ1) is 22.7. The number of amides is 1. The van der Waals surface area contributed by atoms with E-state index in [0.717, 1.165) is 24.8 Å². The van der Waals surface area contributed by atoms with Crippen molar-refractivity contribution in [1.29, 1.82) is 0 Å². The summed E-state index contributed by atoms with van der Waals surface area (Å²) < 4.78 is 11.3. The van der Waals surface area contributed by atoms with E-state index in [1.807, 2.05) is 12.1 Å². The van der Waals surface area contributed by atoms with Gasteiger partial charge in [0.15, 0.2) is 17.3 Å². The summed E-state index contributed by atoms with van der Waals surface area (Å²) in [6.45, 7) is 2.95. The molecule has 1 atom stereocenters. The summed E-state index contributed by atoms with van der Waals surface area (Å²) in [7, 11) is 1.36. The highest BCUT2D eigenvalue weighted by Gasteiger charge is 2.55. The average Bonchev–Trinajstić information content (AvgIpc) is 3.41. The molecule has 8 nitrogen and oxygen atoms in total. The number of rotatable bonds is 5. The van der Waals surface area contributed by atoms with E-state index in [1.54, 1.807) is 0 Å². The Bertz CT molecular complexity index is 1380. The van der Waals surface area contributed by atoms with Crippen molar-refractivity contribution in [3.63, 3.8) is 0 Å². The molecule has 1 heterocycles. The predicted molar refractivity (Wildman–Crippen MR) is 126 cm³/mol. The molecule has 2 aromatic rings. The molecule has 2 aliphatic carbocycles. The first-order chi connectivity index (χ1) is 16.7. The molecule has 180 valence electrons. The highest BCUT2D eigenvalue weighted by atomic mass is 16.5. The van der Waals surface area contributed by atoms with E-state index in [0.29, 0.717) is 0 Å². The third-order valence-electron chi connectivity index (χ3n) is 7.12. The van der Waals surface area contributed by atoms with Crippen LogP contribution in [0.2, 0.25) is 0 Å². The number of nitrogens with one attached hydrogen (secondary N) is 1. The first-order valence-corrected chi connectivity index (χ1v) is 11.4. The number of phenolic OH excluding ortho intramolecular Hbond substituents is 1. The number of hydrogen-bond acceptors (Lipinski definition) is 7. The minimum atomic E-state index is -1.59. The maximum absolute atomic E-state index is 13.4. The molecule has 2 aromatic carbocycles. The number of ether oxygens (including phenoxy) is 2. The molecule has 5 rings (SSSR count). The van der Waals surface area contributed by atoms with Gasteiger partial charge in [0.25, 0.3) is 5.91 Å². The average molecular weight is 475 g/mol. The van der Waals surface area contributed by atoms with E-state index in [1.165, 1.54) is 44.2 Å². The van der Waals surface area contributed by atoms with Crippen molar-refractivity contribution in [2.24, 2.45) is 0 Å². The fourth-order valence-electron chi connectivity index (χ4n) is 5.35. The third-order valence-corrected chi connectivity index (χ3v) is 7.12. The Morgan fingerprint density at radius 2 is 2.00 bits per heavy atom. The van der Waals surface area contributed by atoms with Gasteiger partial charge in [-0.25, -0.2) is 0 Å². The number of aliphatic hydroxyl groups is 1. The summed E-state index contributed by atoms with van der Waals surface area (Å²) in [5.74, 6) is -2.64. The minimum absolute atomic E-state index is 0.0125. The Hall–Kier alpha value is -4.07. The maximum Gasteiger partial charge on any atom is 0.259 e. The van der Waals surface area contributed by atoms with Gasteiger partial charge in [0.05, 0.1) is 12.7 Å². The fraction of sp³-hybridized carbons (Fsp3) is 0.296. The van der Waals surface area contributed by atoms with E-state index in [4.69, 9.17) is 9.47 Å². The number of Topliss-reactive ketones (excluding diaryl/α,β-unsaturated/α-hetero) is 2. The normalized spacial score (nSPS) is 20.0. The summed E-state index contributed by atoms with van der Waals surface area (Å²) >= 11 is 0. The van der Waals surface area contributed by atoms with Crippen LogP contribution in [0.15, 0.2) is 47.4 Å². The summed E-state index contributed by atoms with van der Waals surface area (Å²) in [6.07, 6.45) is 4.25. The van der Waals surface area contributed by atoms with Crippen LogP contribution in [0.1, 0.15) is 52.9 Å². The van der Waals surface area contributed by atoms with Crippen molar-refractivity contribution in [2.45, 2.75) is 45.1 Å². The van der Waals surface area contributed by atoms with Gasteiger partial charge in [0.2, 0.25) is 0 Å². The molecule has 1 aliphatic heterocycles. The summed E-state index contributed by atoms with van der Waals surface area (Å²) in [4.78, 5) is 38.8. The number of hydrogen-bond donors (Lipinski definition) is 3. The molecule has 0 spiro atoms. The second-order valence-corrected chi connectivity index (χ2v) is 9.15. The largest absolute Gasteiger partial charge is 0.507 e. The lowest BCUT2D eigenvalue weighted by molar-refractivity contribution is -0.123. The van der Waals surface area contributed by atoms with Crippen LogP contribution in [0, 0.1) is 0 Å². The van der Waals surface area contributed by atoms with Crippen LogP contribution in [0.4, 0.5) is 0 Å². The van der Waals surface area contributed by atoms with Crippen LogP contribution < -0.4 is 14.8 Å². The second kappa shape index (κ2) is 8.01. The van der Waals surface area contributed by atoms with Gasteiger partial charge in [-0.1, -0.05) is 18.2 Å². The van der Waals surface area contributed by atoms with Crippen molar-refractivity contribution in [3.05, 3.63) is 75.3 Å². The number of allylic oxidation sites excluding steroid dienone is 3. The number of ketones is 2. The number of benzene rings is 2. The number of carbonyl (C=O) groups is 3. The Kier molecular flexibility index (Phi) is 5.20. The Balaban J connectivity index is 1.56. The van der Waals surface area contributed by atoms with E-state index in [-0.39, 0.29) is 46.3 Å². The minimum Gasteiger partial charge on any atom is -0.507 e. The van der Waals surface area contributed by atoms with Crippen molar-refractivity contribution in [3.8, 4) is 17.2 Å². The molecule has 8 heteroatoms. The summed E-state index contributed by atoms with van der Waals surface area (Å²) in [5.41, 5.74) is 1.66. The molecule has 0 fully saturated rings. The lowest BCUT2D eigenvalue weighted by Crippen LogP contribution is -2.38. The Morgan fingerprint density at radius 3 is 2.71 bits per heavy atom. The van der Waals surface area contributed by atoms with Crippen molar-refractivity contribution < 1.29 is 34.1 Å². The zero-order valence-corrected chi connectivity index (χ0v) is 19.7. The SMILES string of the molecule is COc1cc(O)c2c(c1C(=O)NCc1cccc3c1CCC3)OC1=CC(O)=C(C(C)=O)C(=O)[C@]12C. The third kappa shape index (κ3) is 3.24. The van der Waals surface area contributed by atoms with E-state index in [9.17, 15) is 24.6 Å². The number of methoxy groups -OCH3 is 1. The van der Waals surface area contributed by atoms with E-state index >= 15 is 0 Å². The van der Waals surface area contributed by atoms with E-state index in [2.05, 4.69) is 11.4 Å². The Morgan fingerprint density at radius 1 is 1.23 bits per heavy atom. The Labute approximate surface area is 201 Å². The lowest BCUT2D eigenvalue weighted by atomic mass is 9.71. The molecule has 35 heavy (non-hydrogen) atoms. The molecule has 0 saturated carbocycles. The van der Waals surface area contributed by atoms with E-state index < -0.39 is 28.6 Å². The second-order valence-electron chi connectivity index (χ2n) is 9.15. The molecular formula is C27H25NO7. The van der Waals surface area contributed by atoms with Crippen LogP contribution >= 0.6 is 0 Å². The highest BCUT2D eigenvalue weighted by Crippen LogP contribution is 2.56. The van der Waals surface area contributed by atoms with Crippen LogP contribution in [0.3, 0.4) is 0 Å². The monoisotopic (exact) mass is 475 g/mol. The number of aryl methyl sites for hydroxylation is 1. The molecule has 0 aromatic heterocycles. The number of fused-ring (bicyclic) bond motifs is 4. The van der Waals surface area contributed by atoms with Crippen LogP contribution in [-0.2, 0) is 34.4 Å². The molecule has 3 N–H and O–H groups in total. The van der Waals surface area contributed by atoms with Crippen molar-refractivity contribution >= 4 is 17.5 Å². The first-order valence-electron chi connectivity index (χ1n) is 11.4. The zero-order valence-electron chi connectivity index (χ0n) is 19.7. The van der Waals surface area contributed by atoms with Crippen molar-refractivity contribution in [1.82, 2.24) is 5.32 Å². The van der Waals surface area contributed by atoms with Gasteiger partial charge in [0.1, 0.15) is 39.6 Å². The van der Waals surface area contributed by atoms with Gasteiger partial charge in [-0.2, -0.15) is 0 Å². The lowest BCUT2D eigenvalue weighted by Gasteiger charge is -2.27. The van der Waals surface area contributed by atoms with Crippen LogP contribution in [0.25, 0.3) is 0 Å². The molecule has 3 aliphatic rings. The van der Waals surface area contributed by atoms with Gasteiger partial charge in [-0.3, -0.25) is 14.4 Å². The fourth-order valence-corrected chi connectivity index (χ4v) is 5.35. The van der Waals surface area contributed by atoms with Gasteiger partial charge < -0.3 is 25.0 Å². The summed E-state index contributed by atoms with van der Waals surface area (Å²) in [5, 5.41) is 24.1. The van der Waals surface area contributed by atoms with Gasteiger partial charge in [-0.15, -0.1) is 0 Å². The van der Waals surface area contributed by atoms with Crippen LogP contribution in [0.5, 0.6) is 17.2 Å². The smallest absolute Gasteiger partial charge is 0.259 e. The number of aliphatic hydroxyl groups excluding tert-OH is 1. The quantitative estimate of drug-likeness (QED) is 0.567. The maximum atomic E-state index is 13.4. The molecule has 0 saturated heterocycles. The summed E-state index contributed by atoms with van der Waals surface area (Å²) in [6, 6.07) is 7.31. The molecule has 0 unspecified atom stereocenters. The van der Waals surface area contributed by atoms with Gasteiger partial charge in [-0.05, 0) is 49.8 Å². The van der Waals surface area contributed by atoms with Crippen molar-refractivity contribution in [2.75, 3.05) is 7.11 Å². The van der Waals surface area contributed by atoms with Crippen LogP contribution in [-0.4, -0.2) is 34.8 Å². The topological polar surface area (TPSA) is 122 Å². The number of phenols is 1. The number of carbonyl (C=O) groups excluding carboxylic acids is 3. The van der Waals surface area contributed by atoms with Gasteiger partial charge >= 0.3 is 0 Å². The number of aromatic hydroxyl groups is 1. The zero-order chi connectivity index (χ0) is 25.1. The molecule has 0 bridgehead atoms. The van der Waals surface area contributed by atoms with Gasteiger partial charge in [0, 0.05) is 18.7 Å². The molecular weight excluding hydrogens is 450 g/mol. The standard InChI is InChI=1S/C27H25NO7/c1-13(29)21-17(30)11-20-27(2,25(21)32)23-18(31)10-19(34-3)22(24(23)35-20)26(33)28-12-15-8-4-6-14-7-5-9-16(14)15/h4,6,8,10-11,30-31H,5,7,9,12H2,1-3H3,(H,28,33)/t27-/m1/s1. The molecule has 0 radical (unpaired) electrons. The molecule has 1 amide bonds. The highest BCUT2D eigenvalue weighted by molar-refractivity contribution is 6.25.